The summed E-state index contributed by atoms with van der Waals surface area (Å²) in [5.41, 5.74) is 1.07. The summed E-state index contributed by atoms with van der Waals surface area (Å²) in [5.74, 6) is 1.77. The van der Waals surface area contributed by atoms with Crippen molar-refractivity contribution in [3.8, 4) is 23.8 Å². The van der Waals surface area contributed by atoms with Gasteiger partial charge in [0.2, 0.25) is 0 Å². The summed E-state index contributed by atoms with van der Waals surface area (Å²) in [7, 11) is 0. The van der Waals surface area contributed by atoms with Gasteiger partial charge in [0.1, 0.15) is 5.82 Å². The fraction of sp³-hybridized carbons (Fsp3) is 0.174. The van der Waals surface area contributed by atoms with E-state index in [1.807, 2.05) is 22.6 Å². The average molecular weight is 580 g/mol. The summed E-state index contributed by atoms with van der Waals surface area (Å²) in [5, 5.41) is 2.20. The first-order valence-electron chi connectivity index (χ1n) is 9.65. The number of hydrogen-bond donors (Lipinski definition) is 1. The first-order chi connectivity index (χ1) is 15.8. The molecule has 2 aromatic rings. The molecule has 0 spiro atoms. The van der Waals surface area contributed by atoms with Crippen molar-refractivity contribution in [3.05, 3.63) is 56.3 Å². The molecule has 3 amide bonds. The smallest absolute Gasteiger partial charge is 0.294 e. The number of carbonyl (C=O) groups excluding carboxylic acids is 3. The number of nitrogens with zero attached hydrogens (tertiary/aromatic N) is 1. The van der Waals surface area contributed by atoms with Crippen LogP contribution in [0.3, 0.4) is 0 Å². The Labute approximate surface area is 207 Å². The molecule has 0 bridgehead atoms. The fourth-order valence-corrected chi connectivity index (χ4v) is 4.44. The minimum atomic E-state index is -0.450. The Kier molecular flexibility index (Phi) is 8.35. The van der Waals surface area contributed by atoms with Crippen LogP contribution in [0.25, 0.3) is 6.08 Å². The van der Waals surface area contributed by atoms with Crippen molar-refractivity contribution >= 4 is 63.2 Å². The van der Waals surface area contributed by atoms with Gasteiger partial charge in [-0.1, -0.05) is 5.92 Å². The topological polar surface area (TPSA) is 84.9 Å². The van der Waals surface area contributed by atoms with Crippen molar-refractivity contribution in [2.24, 2.45) is 0 Å². The molecule has 0 aromatic heterocycles. The van der Waals surface area contributed by atoms with E-state index in [1.165, 1.54) is 24.3 Å². The highest BCUT2D eigenvalue weighted by molar-refractivity contribution is 14.1. The highest BCUT2D eigenvalue weighted by Crippen LogP contribution is 2.37. The Morgan fingerprint density at radius 2 is 2.00 bits per heavy atom. The molecule has 3 rings (SSSR count). The summed E-state index contributed by atoms with van der Waals surface area (Å²) in [4.78, 5) is 37.9. The van der Waals surface area contributed by atoms with Crippen molar-refractivity contribution in [2.75, 3.05) is 25.1 Å². The van der Waals surface area contributed by atoms with E-state index in [-0.39, 0.29) is 18.1 Å². The van der Waals surface area contributed by atoms with Gasteiger partial charge in [-0.3, -0.25) is 19.3 Å². The van der Waals surface area contributed by atoms with E-state index in [4.69, 9.17) is 15.9 Å². The lowest BCUT2D eigenvalue weighted by Crippen LogP contribution is -2.28. The molecule has 1 saturated heterocycles. The lowest BCUT2D eigenvalue weighted by atomic mass is 10.2. The van der Waals surface area contributed by atoms with E-state index in [9.17, 15) is 18.8 Å². The number of benzene rings is 2. The van der Waals surface area contributed by atoms with Crippen molar-refractivity contribution in [2.45, 2.75) is 6.92 Å². The SMILES string of the molecule is C#CCN1C(=O)SC(=Cc2cc(I)c(OCC(=O)Nc3ccc(F)cc3)c(OCC)c2)C1=O. The third-order valence-electron chi connectivity index (χ3n) is 4.23. The van der Waals surface area contributed by atoms with Gasteiger partial charge in [0, 0.05) is 5.69 Å². The largest absolute Gasteiger partial charge is 0.490 e. The van der Waals surface area contributed by atoms with Gasteiger partial charge < -0.3 is 14.8 Å². The van der Waals surface area contributed by atoms with Gasteiger partial charge in [-0.2, -0.15) is 0 Å². The van der Waals surface area contributed by atoms with E-state index in [0.717, 1.165) is 16.7 Å². The Balaban J connectivity index is 1.76. The zero-order chi connectivity index (χ0) is 24.0. The third kappa shape index (κ3) is 6.27. The number of terminal acetylenes is 1. The van der Waals surface area contributed by atoms with Gasteiger partial charge in [-0.25, -0.2) is 4.39 Å². The van der Waals surface area contributed by atoms with Crippen LogP contribution in [0.15, 0.2) is 41.3 Å². The number of halogens is 2. The molecule has 7 nitrogen and oxygen atoms in total. The zero-order valence-corrected chi connectivity index (χ0v) is 20.4. The molecule has 1 aliphatic heterocycles. The van der Waals surface area contributed by atoms with Crippen LogP contribution in [0.2, 0.25) is 0 Å². The molecular weight excluding hydrogens is 562 g/mol. The van der Waals surface area contributed by atoms with E-state index in [0.29, 0.717) is 32.9 Å². The van der Waals surface area contributed by atoms with Crippen LogP contribution in [-0.2, 0) is 9.59 Å². The van der Waals surface area contributed by atoms with E-state index in [1.54, 1.807) is 25.1 Å². The van der Waals surface area contributed by atoms with Crippen molar-refractivity contribution in [3.63, 3.8) is 0 Å². The van der Waals surface area contributed by atoms with Gasteiger partial charge in [0.15, 0.2) is 18.1 Å². The summed E-state index contributed by atoms with van der Waals surface area (Å²) in [6.07, 6.45) is 6.80. The molecule has 0 aliphatic carbocycles. The first-order valence-corrected chi connectivity index (χ1v) is 11.5. The fourth-order valence-electron chi connectivity index (χ4n) is 2.82. The summed E-state index contributed by atoms with van der Waals surface area (Å²) in [6.45, 7) is 1.76. The molecule has 170 valence electrons. The highest BCUT2D eigenvalue weighted by Gasteiger charge is 2.34. The monoisotopic (exact) mass is 580 g/mol. The van der Waals surface area contributed by atoms with Crippen molar-refractivity contribution < 1.29 is 28.2 Å². The number of hydrogen-bond acceptors (Lipinski definition) is 6. The standard InChI is InChI=1S/C23H18FIN2O5S/c1-3-9-27-22(29)19(33-23(27)30)12-14-10-17(25)21(18(11-14)31-4-2)32-13-20(28)26-16-7-5-15(24)6-8-16/h1,5-8,10-12H,4,9,13H2,2H3,(H,26,28). The average Bonchev–Trinajstić information content (AvgIpc) is 3.02. The predicted molar refractivity (Wildman–Crippen MR) is 132 cm³/mol. The zero-order valence-electron chi connectivity index (χ0n) is 17.4. The molecule has 1 heterocycles. The number of anilines is 1. The number of nitrogens with one attached hydrogen (secondary N) is 1. The van der Waals surface area contributed by atoms with Crippen LogP contribution in [0.4, 0.5) is 14.9 Å². The second-order valence-corrected chi connectivity index (χ2v) is 8.73. The molecule has 0 atom stereocenters. The number of rotatable bonds is 8. The molecule has 33 heavy (non-hydrogen) atoms. The van der Waals surface area contributed by atoms with Gasteiger partial charge in [0.25, 0.3) is 17.1 Å². The van der Waals surface area contributed by atoms with Crippen LogP contribution in [0.1, 0.15) is 12.5 Å². The van der Waals surface area contributed by atoms with Gasteiger partial charge in [0.05, 0.1) is 21.6 Å². The van der Waals surface area contributed by atoms with Crippen molar-refractivity contribution in [1.29, 1.82) is 0 Å². The van der Waals surface area contributed by atoms with Gasteiger partial charge >= 0.3 is 0 Å². The summed E-state index contributed by atoms with van der Waals surface area (Å²) < 4.78 is 25.0. The Morgan fingerprint density at radius 1 is 1.27 bits per heavy atom. The van der Waals surface area contributed by atoms with E-state index >= 15 is 0 Å². The lowest BCUT2D eigenvalue weighted by molar-refractivity contribution is -0.122. The maximum absolute atomic E-state index is 13.0. The second kappa shape index (κ2) is 11.2. The van der Waals surface area contributed by atoms with Crippen LogP contribution < -0.4 is 14.8 Å². The molecule has 1 aliphatic rings. The number of thioether (sulfide) groups is 1. The third-order valence-corrected chi connectivity index (χ3v) is 5.94. The van der Waals surface area contributed by atoms with Gasteiger partial charge in [-0.05, 0) is 89.3 Å². The molecule has 1 N–H and O–H groups in total. The van der Waals surface area contributed by atoms with E-state index < -0.39 is 22.9 Å². The van der Waals surface area contributed by atoms with Crippen LogP contribution in [-0.4, -0.2) is 41.7 Å². The van der Waals surface area contributed by atoms with Gasteiger partial charge in [-0.15, -0.1) is 6.42 Å². The Morgan fingerprint density at radius 3 is 2.67 bits per heavy atom. The maximum Gasteiger partial charge on any atom is 0.294 e. The van der Waals surface area contributed by atoms with E-state index in [2.05, 4.69) is 11.2 Å². The number of ether oxygens (including phenoxy) is 2. The molecular formula is C23H18FIN2O5S. The molecule has 10 heteroatoms. The van der Waals surface area contributed by atoms with Crippen LogP contribution in [0, 0.1) is 21.7 Å². The minimum Gasteiger partial charge on any atom is -0.490 e. The predicted octanol–water partition coefficient (Wildman–Crippen LogP) is 4.52. The molecule has 2 aromatic carbocycles. The highest BCUT2D eigenvalue weighted by atomic mass is 127. The van der Waals surface area contributed by atoms with Crippen molar-refractivity contribution in [1.82, 2.24) is 4.90 Å². The molecule has 0 radical (unpaired) electrons. The molecule has 1 fully saturated rings. The van der Waals surface area contributed by atoms with Crippen LogP contribution in [0.5, 0.6) is 11.5 Å². The second-order valence-electron chi connectivity index (χ2n) is 6.58. The molecule has 0 saturated carbocycles. The quantitative estimate of drug-likeness (QED) is 0.281. The number of carbonyl (C=O) groups is 3. The number of imide groups is 1. The van der Waals surface area contributed by atoms with Crippen LogP contribution >= 0.6 is 34.4 Å². The summed E-state index contributed by atoms with van der Waals surface area (Å²) >= 11 is 2.85. The molecule has 0 unspecified atom stereocenters. The normalized spacial score (nSPS) is 14.4. The lowest BCUT2D eigenvalue weighted by Gasteiger charge is -2.15. The number of amides is 3. The minimum absolute atomic E-state index is 0.0868. The maximum atomic E-state index is 13.0. The first kappa shape index (κ1) is 24.6. The summed E-state index contributed by atoms with van der Waals surface area (Å²) in [6, 6.07) is 8.78. The Hall–Kier alpha value is -3.04. The Bertz CT molecular complexity index is 1160.